The summed E-state index contributed by atoms with van der Waals surface area (Å²) in [5.74, 6) is -1.89. The van der Waals surface area contributed by atoms with E-state index in [1.165, 1.54) is 20.8 Å². The maximum absolute atomic E-state index is 11.3. The molecule has 0 bridgehead atoms. The monoisotopic (exact) mass is 216 g/mol. The molecule has 84 valence electrons. The van der Waals surface area contributed by atoms with Gasteiger partial charge >= 0.3 is 17.9 Å². The topological polar surface area (TPSA) is 78.9 Å². The highest BCUT2D eigenvalue weighted by Crippen LogP contribution is 2.27. The van der Waals surface area contributed by atoms with E-state index in [-0.39, 0.29) is 6.61 Å². The van der Waals surface area contributed by atoms with E-state index in [9.17, 15) is 14.4 Å². The SMILES string of the molecule is CC(=O)O[C@@H]1COC(=O)[C@@]1(C)OC(C)=O. The second-order valence-electron chi connectivity index (χ2n) is 3.40. The fourth-order valence-corrected chi connectivity index (χ4v) is 1.34. The van der Waals surface area contributed by atoms with Gasteiger partial charge in [0.15, 0.2) is 6.10 Å². The first kappa shape index (κ1) is 11.5. The molecule has 1 aliphatic rings. The minimum absolute atomic E-state index is 0.0950. The van der Waals surface area contributed by atoms with Crippen molar-refractivity contribution in [2.24, 2.45) is 0 Å². The predicted molar refractivity (Wildman–Crippen MR) is 46.7 cm³/mol. The summed E-state index contributed by atoms with van der Waals surface area (Å²) in [4.78, 5) is 32.9. The number of carbonyl (C=O) groups is 3. The molecule has 0 saturated carbocycles. The Kier molecular flexibility index (Phi) is 2.97. The Bertz CT molecular complexity index is 310. The Morgan fingerprint density at radius 1 is 1.40 bits per heavy atom. The van der Waals surface area contributed by atoms with Crippen LogP contribution in [-0.2, 0) is 28.6 Å². The first-order valence-electron chi connectivity index (χ1n) is 4.40. The molecule has 6 heteroatoms. The van der Waals surface area contributed by atoms with Crippen LogP contribution in [0.1, 0.15) is 20.8 Å². The van der Waals surface area contributed by atoms with E-state index in [0.717, 1.165) is 0 Å². The lowest BCUT2D eigenvalue weighted by atomic mass is 10.0. The highest BCUT2D eigenvalue weighted by Gasteiger charge is 2.54. The maximum atomic E-state index is 11.3. The van der Waals surface area contributed by atoms with Crippen molar-refractivity contribution in [3.05, 3.63) is 0 Å². The zero-order valence-electron chi connectivity index (χ0n) is 8.73. The van der Waals surface area contributed by atoms with Gasteiger partial charge in [0.05, 0.1) is 0 Å². The Morgan fingerprint density at radius 3 is 2.47 bits per heavy atom. The number of cyclic esters (lactones) is 1. The molecule has 1 rings (SSSR count). The molecule has 0 spiro atoms. The summed E-state index contributed by atoms with van der Waals surface area (Å²) in [5.41, 5.74) is -1.53. The number of carbonyl (C=O) groups excluding carboxylic acids is 3. The molecule has 1 fully saturated rings. The van der Waals surface area contributed by atoms with Gasteiger partial charge in [0.25, 0.3) is 0 Å². The van der Waals surface area contributed by atoms with Crippen LogP contribution in [0.5, 0.6) is 0 Å². The quantitative estimate of drug-likeness (QED) is 0.469. The van der Waals surface area contributed by atoms with Crippen molar-refractivity contribution < 1.29 is 28.6 Å². The number of rotatable bonds is 2. The summed E-state index contributed by atoms with van der Waals surface area (Å²) in [5, 5.41) is 0. The summed E-state index contributed by atoms with van der Waals surface area (Å²) in [6, 6.07) is 0. The van der Waals surface area contributed by atoms with E-state index < -0.39 is 29.6 Å². The van der Waals surface area contributed by atoms with Gasteiger partial charge in [-0.2, -0.15) is 0 Å². The number of hydrogen-bond donors (Lipinski definition) is 0. The van der Waals surface area contributed by atoms with Crippen molar-refractivity contribution in [2.75, 3.05) is 6.61 Å². The summed E-state index contributed by atoms with van der Waals surface area (Å²) in [6.45, 7) is 3.64. The van der Waals surface area contributed by atoms with Crippen molar-refractivity contribution in [1.29, 1.82) is 0 Å². The summed E-state index contributed by atoms with van der Waals surface area (Å²) >= 11 is 0. The largest absolute Gasteiger partial charge is 0.458 e. The average molecular weight is 216 g/mol. The lowest BCUT2D eigenvalue weighted by Gasteiger charge is -2.25. The zero-order valence-corrected chi connectivity index (χ0v) is 8.73. The van der Waals surface area contributed by atoms with Gasteiger partial charge in [-0.3, -0.25) is 9.59 Å². The molecule has 6 nitrogen and oxygen atoms in total. The predicted octanol–water partition coefficient (Wildman–Crippen LogP) is -0.203. The molecule has 15 heavy (non-hydrogen) atoms. The highest BCUT2D eigenvalue weighted by atomic mass is 16.7. The van der Waals surface area contributed by atoms with Crippen LogP contribution in [-0.4, -0.2) is 36.2 Å². The van der Waals surface area contributed by atoms with Gasteiger partial charge in [-0.15, -0.1) is 0 Å². The van der Waals surface area contributed by atoms with Crippen molar-refractivity contribution in [3.63, 3.8) is 0 Å². The fourth-order valence-electron chi connectivity index (χ4n) is 1.34. The average Bonchev–Trinajstić information content (AvgIpc) is 2.31. The smallest absolute Gasteiger partial charge is 0.354 e. The molecular weight excluding hydrogens is 204 g/mol. The molecule has 0 aromatic heterocycles. The molecular formula is C9H12O6. The van der Waals surface area contributed by atoms with Crippen LogP contribution in [0, 0.1) is 0 Å². The standard InChI is InChI=1S/C9H12O6/c1-5(10)14-7-4-13-8(12)9(7,3)15-6(2)11/h7H,4H2,1-3H3/t7-,9+/m1/s1. The lowest BCUT2D eigenvalue weighted by Crippen LogP contribution is -2.47. The van der Waals surface area contributed by atoms with Crippen LogP contribution in [0.2, 0.25) is 0 Å². The molecule has 0 aliphatic carbocycles. The van der Waals surface area contributed by atoms with E-state index in [0.29, 0.717) is 0 Å². The Balaban J connectivity index is 2.83. The minimum Gasteiger partial charge on any atom is -0.458 e. The zero-order chi connectivity index (χ0) is 11.6. The highest BCUT2D eigenvalue weighted by molar-refractivity contribution is 5.85. The Hall–Kier alpha value is -1.59. The van der Waals surface area contributed by atoms with Gasteiger partial charge < -0.3 is 14.2 Å². The summed E-state index contributed by atoms with van der Waals surface area (Å²) in [7, 11) is 0. The Labute approximate surface area is 86.5 Å². The van der Waals surface area contributed by atoms with E-state index in [4.69, 9.17) is 9.47 Å². The Morgan fingerprint density at radius 2 is 2.00 bits per heavy atom. The third-order valence-corrected chi connectivity index (χ3v) is 2.05. The first-order chi connectivity index (χ1) is 6.86. The summed E-state index contributed by atoms with van der Waals surface area (Å²) in [6.07, 6.45) is -0.883. The molecule has 0 amide bonds. The number of esters is 3. The van der Waals surface area contributed by atoms with Crippen molar-refractivity contribution >= 4 is 17.9 Å². The van der Waals surface area contributed by atoms with E-state index >= 15 is 0 Å². The number of hydrogen-bond acceptors (Lipinski definition) is 6. The molecule has 0 aromatic rings. The van der Waals surface area contributed by atoms with Crippen LogP contribution in [0.3, 0.4) is 0 Å². The molecule has 0 unspecified atom stereocenters. The maximum Gasteiger partial charge on any atom is 0.354 e. The first-order valence-corrected chi connectivity index (χ1v) is 4.40. The van der Waals surface area contributed by atoms with Gasteiger partial charge in [-0.05, 0) is 6.92 Å². The molecule has 1 aliphatic heterocycles. The molecule has 2 atom stereocenters. The third kappa shape index (κ3) is 2.26. The van der Waals surface area contributed by atoms with Gasteiger partial charge in [0.2, 0.25) is 5.60 Å². The second-order valence-corrected chi connectivity index (χ2v) is 3.40. The van der Waals surface area contributed by atoms with E-state index in [1.54, 1.807) is 0 Å². The van der Waals surface area contributed by atoms with Crippen molar-refractivity contribution in [1.82, 2.24) is 0 Å². The summed E-state index contributed by atoms with van der Waals surface area (Å²) < 4.78 is 14.4. The van der Waals surface area contributed by atoms with Crippen LogP contribution >= 0.6 is 0 Å². The van der Waals surface area contributed by atoms with E-state index in [1.807, 2.05) is 0 Å². The molecule has 1 saturated heterocycles. The number of ether oxygens (including phenoxy) is 3. The third-order valence-electron chi connectivity index (χ3n) is 2.05. The molecule has 0 N–H and O–H groups in total. The van der Waals surface area contributed by atoms with Gasteiger partial charge in [0.1, 0.15) is 6.61 Å². The fraction of sp³-hybridized carbons (Fsp3) is 0.667. The lowest BCUT2D eigenvalue weighted by molar-refractivity contribution is -0.180. The second kappa shape index (κ2) is 3.88. The molecule has 1 heterocycles. The van der Waals surface area contributed by atoms with Gasteiger partial charge in [-0.1, -0.05) is 0 Å². The van der Waals surface area contributed by atoms with Crippen molar-refractivity contribution in [2.45, 2.75) is 32.5 Å². The van der Waals surface area contributed by atoms with Gasteiger partial charge in [0, 0.05) is 13.8 Å². The van der Waals surface area contributed by atoms with E-state index in [2.05, 4.69) is 4.74 Å². The van der Waals surface area contributed by atoms with Crippen LogP contribution in [0.4, 0.5) is 0 Å². The van der Waals surface area contributed by atoms with Crippen LogP contribution in [0.25, 0.3) is 0 Å². The van der Waals surface area contributed by atoms with Crippen molar-refractivity contribution in [3.8, 4) is 0 Å². The molecule has 0 aromatic carbocycles. The van der Waals surface area contributed by atoms with Gasteiger partial charge in [-0.25, -0.2) is 4.79 Å². The normalized spacial score (nSPS) is 29.5. The molecule has 0 radical (unpaired) electrons. The minimum atomic E-state index is -1.53. The van der Waals surface area contributed by atoms with Crippen LogP contribution < -0.4 is 0 Å². The van der Waals surface area contributed by atoms with Crippen LogP contribution in [0.15, 0.2) is 0 Å².